The van der Waals surface area contributed by atoms with Crippen molar-refractivity contribution >= 4 is 22.7 Å². The Balaban J connectivity index is 1.98. The molecule has 27 heavy (non-hydrogen) atoms. The Morgan fingerprint density at radius 1 is 1.30 bits per heavy atom. The molecule has 2 aromatic carbocycles. The van der Waals surface area contributed by atoms with E-state index in [0.717, 1.165) is 5.56 Å². The number of Topliss-reactive ketones (excluding diaryl/α,β-unsaturated/α-hetero) is 1. The summed E-state index contributed by atoms with van der Waals surface area (Å²) in [5.41, 5.74) is 6.39. The Bertz CT molecular complexity index is 992. The first-order valence-corrected chi connectivity index (χ1v) is 9.62. The molecule has 2 aliphatic rings. The number of benzene rings is 2. The van der Waals surface area contributed by atoms with Crippen LogP contribution in [0.4, 0.5) is 5.69 Å². The number of nitrogen functional groups attached to an aromatic ring is 1. The molecule has 0 spiro atoms. The SMILES string of the molecule is CC(C)c1ccc2c(c1)OC1(O)c3cccc(N)c3C(=O)C21CNS(=O)[O-]. The number of anilines is 1. The van der Waals surface area contributed by atoms with E-state index in [0.29, 0.717) is 11.3 Å². The van der Waals surface area contributed by atoms with E-state index in [1.165, 1.54) is 0 Å². The maximum absolute atomic E-state index is 13.5. The molecule has 1 heterocycles. The number of carbonyl (C=O) groups is 1. The number of ether oxygens (including phenoxy) is 1. The zero-order chi connectivity index (χ0) is 19.6. The molecule has 7 nitrogen and oxygen atoms in total. The molecule has 0 amide bonds. The lowest BCUT2D eigenvalue weighted by molar-refractivity contribution is -0.162. The third kappa shape index (κ3) is 2.24. The summed E-state index contributed by atoms with van der Waals surface area (Å²) in [6, 6.07) is 10.1. The Morgan fingerprint density at radius 3 is 2.70 bits per heavy atom. The van der Waals surface area contributed by atoms with Crippen LogP contribution in [0.15, 0.2) is 36.4 Å². The number of carbonyl (C=O) groups excluding carboxylic acids is 1. The van der Waals surface area contributed by atoms with Gasteiger partial charge in [-0.1, -0.05) is 38.1 Å². The van der Waals surface area contributed by atoms with Gasteiger partial charge in [0.2, 0.25) is 0 Å². The van der Waals surface area contributed by atoms with Crippen molar-refractivity contribution in [2.45, 2.75) is 31.0 Å². The van der Waals surface area contributed by atoms with Crippen molar-refractivity contribution in [1.29, 1.82) is 0 Å². The number of aliphatic hydroxyl groups is 1. The minimum Gasteiger partial charge on any atom is -0.760 e. The van der Waals surface area contributed by atoms with Crippen LogP contribution in [0.25, 0.3) is 0 Å². The van der Waals surface area contributed by atoms with Gasteiger partial charge in [-0.05, 0) is 23.6 Å². The normalized spacial score (nSPS) is 26.5. The topological polar surface area (TPSA) is 125 Å². The fourth-order valence-corrected chi connectivity index (χ4v) is 4.44. The molecule has 142 valence electrons. The van der Waals surface area contributed by atoms with Crippen LogP contribution in [-0.2, 0) is 22.5 Å². The Labute approximate surface area is 159 Å². The summed E-state index contributed by atoms with van der Waals surface area (Å²) in [6.07, 6.45) is 0. The van der Waals surface area contributed by atoms with Crippen LogP contribution in [0.3, 0.4) is 0 Å². The lowest BCUT2D eigenvalue weighted by atomic mass is 9.74. The summed E-state index contributed by atoms with van der Waals surface area (Å²) in [5, 5.41) is 11.6. The second kappa shape index (κ2) is 5.87. The van der Waals surface area contributed by atoms with Crippen molar-refractivity contribution < 1.29 is 23.4 Å². The van der Waals surface area contributed by atoms with E-state index in [-0.39, 0.29) is 29.3 Å². The maximum atomic E-state index is 13.5. The number of rotatable bonds is 4. The van der Waals surface area contributed by atoms with E-state index in [4.69, 9.17) is 10.5 Å². The largest absolute Gasteiger partial charge is 0.760 e. The van der Waals surface area contributed by atoms with Crippen molar-refractivity contribution in [3.8, 4) is 5.75 Å². The summed E-state index contributed by atoms with van der Waals surface area (Å²) < 4.78 is 30.5. The highest BCUT2D eigenvalue weighted by atomic mass is 32.2. The standard InChI is InChI=1S/C19H20N2O5S/c1-10(2)11-6-7-12-15(8-11)26-19(23)13-4-3-5-14(20)16(13)17(22)18(12,19)9-21-27(24)25/h3-8,10,21,23H,9,20H2,1-2H3,(H,24,25)/p-1. The van der Waals surface area contributed by atoms with Gasteiger partial charge in [0.15, 0.2) is 5.78 Å². The van der Waals surface area contributed by atoms with Gasteiger partial charge in [-0.3, -0.25) is 9.00 Å². The molecule has 8 heteroatoms. The molecule has 3 unspecified atom stereocenters. The lowest BCUT2D eigenvalue weighted by Gasteiger charge is -2.34. The van der Waals surface area contributed by atoms with Gasteiger partial charge < -0.3 is 20.1 Å². The number of nitrogens with two attached hydrogens (primary N) is 1. The highest BCUT2D eigenvalue weighted by Gasteiger charge is 2.70. The van der Waals surface area contributed by atoms with E-state index >= 15 is 0 Å². The van der Waals surface area contributed by atoms with Crippen molar-refractivity contribution in [2.75, 3.05) is 12.3 Å². The predicted molar refractivity (Wildman–Crippen MR) is 98.8 cm³/mol. The molecule has 0 saturated heterocycles. The van der Waals surface area contributed by atoms with Crippen LogP contribution < -0.4 is 15.2 Å². The summed E-state index contributed by atoms with van der Waals surface area (Å²) in [4.78, 5) is 13.5. The van der Waals surface area contributed by atoms with Crippen LogP contribution >= 0.6 is 0 Å². The molecule has 0 radical (unpaired) electrons. The van der Waals surface area contributed by atoms with Gasteiger partial charge >= 0.3 is 0 Å². The second-order valence-electron chi connectivity index (χ2n) is 7.22. The minimum absolute atomic E-state index is 0.164. The van der Waals surface area contributed by atoms with Gasteiger partial charge in [0, 0.05) is 34.6 Å². The first-order valence-electron chi connectivity index (χ1n) is 8.54. The van der Waals surface area contributed by atoms with E-state index in [9.17, 15) is 18.7 Å². The highest BCUT2D eigenvalue weighted by molar-refractivity contribution is 7.77. The van der Waals surface area contributed by atoms with Crippen molar-refractivity contribution in [2.24, 2.45) is 0 Å². The molecule has 1 aliphatic heterocycles. The number of fused-ring (bicyclic) bond motifs is 5. The number of ketones is 1. The second-order valence-corrected chi connectivity index (χ2v) is 7.97. The maximum Gasteiger partial charge on any atom is 0.254 e. The number of nitrogens with one attached hydrogen (secondary N) is 1. The first-order chi connectivity index (χ1) is 12.7. The van der Waals surface area contributed by atoms with Gasteiger partial charge in [0.05, 0.1) is 5.56 Å². The van der Waals surface area contributed by atoms with Gasteiger partial charge in [-0.2, -0.15) is 0 Å². The third-order valence-electron chi connectivity index (χ3n) is 5.50. The fraction of sp³-hybridized carbons (Fsp3) is 0.316. The van der Waals surface area contributed by atoms with E-state index in [2.05, 4.69) is 4.72 Å². The van der Waals surface area contributed by atoms with Crippen LogP contribution in [0, 0.1) is 0 Å². The zero-order valence-electron chi connectivity index (χ0n) is 14.8. The number of hydrogen-bond donors (Lipinski definition) is 3. The summed E-state index contributed by atoms with van der Waals surface area (Å²) in [6.45, 7) is 3.69. The molecule has 0 aromatic heterocycles. The van der Waals surface area contributed by atoms with Crippen molar-refractivity contribution in [3.63, 3.8) is 0 Å². The number of hydrogen-bond acceptors (Lipinski definition) is 6. The first kappa shape index (κ1) is 18.1. The molecular formula is C19H19N2O5S-. The van der Waals surface area contributed by atoms with Crippen molar-refractivity contribution in [3.05, 3.63) is 58.7 Å². The predicted octanol–water partition coefficient (Wildman–Crippen LogP) is 1.45. The zero-order valence-corrected chi connectivity index (χ0v) is 15.6. The fourth-order valence-electron chi connectivity index (χ4n) is 4.11. The Kier molecular flexibility index (Phi) is 3.94. The monoisotopic (exact) mass is 387 g/mol. The van der Waals surface area contributed by atoms with Crippen LogP contribution in [-0.4, -0.2) is 26.2 Å². The van der Waals surface area contributed by atoms with Crippen molar-refractivity contribution in [1.82, 2.24) is 4.72 Å². The van der Waals surface area contributed by atoms with E-state index in [1.807, 2.05) is 19.9 Å². The summed E-state index contributed by atoms with van der Waals surface area (Å²) in [5.74, 6) is -1.93. The quantitative estimate of drug-likeness (QED) is 0.539. The average molecular weight is 387 g/mol. The summed E-state index contributed by atoms with van der Waals surface area (Å²) in [7, 11) is 0. The molecule has 0 fully saturated rings. The molecule has 1 aliphatic carbocycles. The third-order valence-corrected chi connectivity index (χ3v) is 5.88. The minimum atomic E-state index is -2.62. The van der Waals surface area contributed by atoms with Crippen LogP contribution in [0.5, 0.6) is 5.75 Å². The smallest absolute Gasteiger partial charge is 0.254 e. The molecular weight excluding hydrogens is 368 g/mol. The van der Waals surface area contributed by atoms with Gasteiger partial charge in [-0.25, -0.2) is 4.72 Å². The lowest BCUT2D eigenvalue weighted by Crippen LogP contribution is -2.54. The van der Waals surface area contributed by atoms with E-state index < -0.39 is 28.3 Å². The Morgan fingerprint density at radius 2 is 2.04 bits per heavy atom. The molecule has 0 bridgehead atoms. The van der Waals surface area contributed by atoms with Gasteiger partial charge in [-0.15, -0.1) is 0 Å². The molecule has 0 saturated carbocycles. The van der Waals surface area contributed by atoms with Crippen LogP contribution in [0.1, 0.15) is 46.8 Å². The van der Waals surface area contributed by atoms with Gasteiger partial charge in [0.1, 0.15) is 11.2 Å². The van der Waals surface area contributed by atoms with Crippen LogP contribution in [0.2, 0.25) is 0 Å². The van der Waals surface area contributed by atoms with E-state index in [1.54, 1.807) is 30.3 Å². The Hall–Kier alpha value is -2.26. The molecule has 3 atom stereocenters. The molecule has 4 rings (SSSR count). The molecule has 2 aromatic rings. The highest BCUT2D eigenvalue weighted by Crippen LogP contribution is 2.60. The summed E-state index contributed by atoms with van der Waals surface area (Å²) >= 11 is -2.62. The van der Waals surface area contributed by atoms with Gasteiger partial charge in [0.25, 0.3) is 5.79 Å². The average Bonchev–Trinajstić information content (AvgIpc) is 2.97. The molecule has 4 N–H and O–H groups in total.